The molecule has 0 radical (unpaired) electrons. The third kappa shape index (κ3) is 5.72. The van der Waals surface area contributed by atoms with Crippen LogP contribution in [0.4, 0.5) is 5.69 Å². The van der Waals surface area contributed by atoms with Crippen LogP contribution in [0.25, 0.3) is 11.6 Å². The van der Waals surface area contributed by atoms with Gasteiger partial charge in [-0.05, 0) is 66.9 Å². The van der Waals surface area contributed by atoms with E-state index in [1.165, 1.54) is 9.70 Å². The minimum Gasteiger partial charge on any atom is -0.458 e. The van der Waals surface area contributed by atoms with E-state index >= 15 is 0 Å². The fraction of sp³-hybridized carbons (Fsp3) is 0.308. The lowest BCUT2D eigenvalue weighted by Gasteiger charge is -2.31. The summed E-state index contributed by atoms with van der Waals surface area (Å²) < 4.78 is 11.2. The van der Waals surface area contributed by atoms with E-state index in [2.05, 4.69) is 25.7 Å². The number of benzene rings is 1. The summed E-state index contributed by atoms with van der Waals surface area (Å²) in [4.78, 5) is 34.1. The zero-order chi connectivity index (χ0) is 25.6. The number of anilines is 1. The number of hydrogen-bond donors (Lipinski definition) is 1. The molecule has 0 spiro atoms. The molecule has 1 N–H and O–H groups in total. The van der Waals surface area contributed by atoms with E-state index in [0.717, 1.165) is 12.8 Å². The van der Waals surface area contributed by atoms with Crippen molar-refractivity contribution in [1.29, 1.82) is 0 Å². The van der Waals surface area contributed by atoms with Gasteiger partial charge >= 0.3 is 0 Å². The maximum Gasteiger partial charge on any atom is 0.251 e. The Bertz CT molecular complexity index is 1330. The van der Waals surface area contributed by atoms with E-state index in [-0.39, 0.29) is 30.3 Å². The molecule has 2 amide bonds. The lowest BCUT2D eigenvalue weighted by Crippen LogP contribution is -2.46. The Balaban J connectivity index is 1.44. The second-order valence-electron chi connectivity index (χ2n) is 8.72. The molecule has 4 aromatic rings. The van der Waals surface area contributed by atoms with Crippen LogP contribution < -0.4 is 10.2 Å². The first-order valence-electron chi connectivity index (χ1n) is 12.1. The molecule has 0 aliphatic carbocycles. The third-order valence-corrected chi connectivity index (χ3v) is 6.05. The van der Waals surface area contributed by atoms with Gasteiger partial charge in [0.1, 0.15) is 18.3 Å². The topological polar surface area (TPSA) is 128 Å². The van der Waals surface area contributed by atoms with Crippen molar-refractivity contribution in [1.82, 2.24) is 30.5 Å². The molecule has 1 aliphatic heterocycles. The number of hydrogen-bond acceptors (Lipinski definition) is 8. The largest absolute Gasteiger partial charge is 0.458 e. The molecular weight excluding hydrogens is 474 g/mol. The number of amides is 2. The first kappa shape index (κ1) is 24.3. The quantitative estimate of drug-likeness (QED) is 0.371. The van der Waals surface area contributed by atoms with E-state index in [0.29, 0.717) is 35.9 Å². The van der Waals surface area contributed by atoms with Gasteiger partial charge in [0.15, 0.2) is 5.76 Å². The molecule has 0 saturated carbocycles. The Morgan fingerprint density at radius 1 is 1.14 bits per heavy atom. The maximum atomic E-state index is 13.8. The Labute approximate surface area is 213 Å². The number of aryl methyl sites for hydroxylation is 1. The number of para-hydroxylation sites is 1. The highest BCUT2D eigenvalue weighted by Gasteiger charge is 2.34. The van der Waals surface area contributed by atoms with E-state index in [1.807, 2.05) is 25.1 Å². The van der Waals surface area contributed by atoms with Gasteiger partial charge < -0.3 is 14.5 Å². The monoisotopic (exact) mass is 501 g/mol. The summed E-state index contributed by atoms with van der Waals surface area (Å²) in [6.07, 6.45) is 5.01. The summed E-state index contributed by atoms with van der Waals surface area (Å²) in [5.41, 5.74) is 1.18. The number of furan rings is 1. The molecule has 1 fully saturated rings. The van der Waals surface area contributed by atoms with Gasteiger partial charge in [0.05, 0.1) is 6.10 Å². The van der Waals surface area contributed by atoms with Gasteiger partial charge in [0, 0.05) is 31.2 Å². The second-order valence-corrected chi connectivity index (χ2v) is 8.72. The number of nitrogens with zero attached hydrogens (tertiary/aromatic N) is 6. The molecule has 1 saturated heterocycles. The smallest absolute Gasteiger partial charge is 0.251 e. The molecule has 11 nitrogen and oxygen atoms in total. The Kier molecular flexibility index (Phi) is 7.31. The van der Waals surface area contributed by atoms with Crippen molar-refractivity contribution in [3.8, 4) is 11.6 Å². The van der Waals surface area contributed by atoms with Gasteiger partial charge in [-0.3, -0.25) is 19.5 Å². The minimum absolute atomic E-state index is 0.0362. The fourth-order valence-corrected chi connectivity index (χ4v) is 4.27. The molecule has 1 aromatic carbocycles. The van der Waals surface area contributed by atoms with Crippen molar-refractivity contribution in [2.45, 2.75) is 38.5 Å². The number of ether oxygens (including phenoxy) is 1. The fourth-order valence-electron chi connectivity index (χ4n) is 4.27. The number of nitrogens with one attached hydrogen (secondary N) is 1. The van der Waals surface area contributed by atoms with Crippen molar-refractivity contribution in [3.05, 3.63) is 78.3 Å². The first-order valence-corrected chi connectivity index (χ1v) is 12.1. The molecule has 2 atom stereocenters. The third-order valence-electron chi connectivity index (χ3n) is 6.05. The average Bonchev–Trinajstić information content (AvgIpc) is 3.69. The van der Waals surface area contributed by atoms with Crippen LogP contribution in [-0.2, 0) is 20.9 Å². The Morgan fingerprint density at radius 2 is 1.95 bits per heavy atom. The minimum atomic E-state index is -0.949. The number of rotatable bonds is 9. The van der Waals surface area contributed by atoms with Crippen molar-refractivity contribution < 1.29 is 18.7 Å². The number of carbonyl (C=O) groups is 2. The highest BCUT2D eigenvalue weighted by molar-refractivity contribution is 6.01. The van der Waals surface area contributed by atoms with Crippen LogP contribution in [-0.4, -0.2) is 56.3 Å². The summed E-state index contributed by atoms with van der Waals surface area (Å²) >= 11 is 0. The van der Waals surface area contributed by atoms with Gasteiger partial charge in [0.25, 0.3) is 5.91 Å². The van der Waals surface area contributed by atoms with Gasteiger partial charge in [-0.2, -0.15) is 4.80 Å². The molecule has 4 heterocycles. The number of tetrazole rings is 1. The maximum absolute atomic E-state index is 13.8. The molecule has 3 aromatic heterocycles. The normalized spacial score (nSPS) is 15.9. The summed E-state index contributed by atoms with van der Waals surface area (Å²) in [5.74, 6) is 0.732. The average molecular weight is 502 g/mol. The second kappa shape index (κ2) is 11.1. The van der Waals surface area contributed by atoms with Gasteiger partial charge in [-0.1, -0.05) is 18.2 Å². The van der Waals surface area contributed by atoms with Crippen LogP contribution in [0.3, 0.4) is 0 Å². The van der Waals surface area contributed by atoms with Crippen LogP contribution in [0.15, 0.2) is 71.4 Å². The SMILES string of the molecule is Cc1ccc(-c2nnn(CC(=O)N(c3ccccc3)C(C(=O)NCC3CCCO3)c3ccncc3)n2)o1. The van der Waals surface area contributed by atoms with E-state index < -0.39 is 6.04 Å². The van der Waals surface area contributed by atoms with Crippen molar-refractivity contribution in [2.24, 2.45) is 0 Å². The molecule has 5 rings (SSSR count). The number of aromatic nitrogens is 5. The predicted molar refractivity (Wildman–Crippen MR) is 133 cm³/mol. The summed E-state index contributed by atoms with van der Waals surface area (Å²) in [5, 5.41) is 15.3. The summed E-state index contributed by atoms with van der Waals surface area (Å²) in [7, 11) is 0. The van der Waals surface area contributed by atoms with E-state index in [1.54, 1.807) is 48.8 Å². The lowest BCUT2D eigenvalue weighted by molar-refractivity contribution is -0.127. The molecule has 0 bridgehead atoms. The first-order chi connectivity index (χ1) is 18.1. The molecule has 37 heavy (non-hydrogen) atoms. The van der Waals surface area contributed by atoms with Gasteiger partial charge in [-0.25, -0.2) is 0 Å². The standard InChI is InChI=1S/C26H27N7O4/c1-18-9-10-22(37-18)25-29-31-32(30-25)17-23(34)33(20-6-3-2-4-7-20)24(19-11-13-27-14-12-19)26(35)28-16-21-8-5-15-36-21/h2-4,6-7,9-14,21,24H,5,8,15-17H2,1H3,(H,28,35). The van der Waals surface area contributed by atoms with Crippen LogP contribution in [0.1, 0.15) is 30.2 Å². The lowest BCUT2D eigenvalue weighted by atomic mass is 10.0. The van der Waals surface area contributed by atoms with Crippen LogP contribution in [0.2, 0.25) is 0 Å². The number of pyridine rings is 1. The predicted octanol–water partition coefficient (Wildman–Crippen LogP) is 2.71. The van der Waals surface area contributed by atoms with Crippen LogP contribution >= 0.6 is 0 Å². The van der Waals surface area contributed by atoms with E-state index in [4.69, 9.17) is 9.15 Å². The molecule has 11 heteroatoms. The van der Waals surface area contributed by atoms with Gasteiger partial charge in [0.2, 0.25) is 11.7 Å². The highest BCUT2D eigenvalue weighted by atomic mass is 16.5. The van der Waals surface area contributed by atoms with Crippen molar-refractivity contribution >= 4 is 17.5 Å². The highest BCUT2D eigenvalue weighted by Crippen LogP contribution is 2.28. The number of carbonyl (C=O) groups excluding carboxylic acids is 2. The summed E-state index contributed by atoms with van der Waals surface area (Å²) in [6.45, 7) is 2.64. The molecule has 1 aliphatic rings. The van der Waals surface area contributed by atoms with Gasteiger partial charge in [-0.15, -0.1) is 10.2 Å². The Hall–Kier alpha value is -4.38. The molecule has 2 unspecified atom stereocenters. The zero-order valence-corrected chi connectivity index (χ0v) is 20.4. The molecule has 190 valence electrons. The van der Waals surface area contributed by atoms with Crippen molar-refractivity contribution in [3.63, 3.8) is 0 Å². The zero-order valence-electron chi connectivity index (χ0n) is 20.4. The van der Waals surface area contributed by atoms with Crippen LogP contribution in [0.5, 0.6) is 0 Å². The van der Waals surface area contributed by atoms with Crippen molar-refractivity contribution in [2.75, 3.05) is 18.1 Å². The van der Waals surface area contributed by atoms with E-state index in [9.17, 15) is 9.59 Å². The van der Waals surface area contributed by atoms with Crippen LogP contribution in [0, 0.1) is 6.92 Å². The molecular formula is C26H27N7O4. The summed E-state index contributed by atoms with van der Waals surface area (Å²) in [6, 6.07) is 15.1. The Morgan fingerprint density at radius 3 is 2.65 bits per heavy atom.